The minimum absolute atomic E-state index is 0.0272. The number of rotatable bonds is 7. The minimum atomic E-state index is -0.0272. The zero-order chi connectivity index (χ0) is 12.8. The lowest BCUT2D eigenvalue weighted by atomic mass is 10.0. The lowest BCUT2D eigenvalue weighted by Crippen LogP contribution is -2.15. The van der Waals surface area contributed by atoms with E-state index in [9.17, 15) is 0 Å². The van der Waals surface area contributed by atoms with E-state index >= 15 is 0 Å². The van der Waals surface area contributed by atoms with Crippen molar-refractivity contribution >= 4 is 0 Å². The molecule has 0 saturated heterocycles. The molecular weight excluding hydrogens is 230 g/mol. The smallest absolute Gasteiger partial charge is 0.127 e. The standard InChI is InChI=1S/C14H21NO3/c1-16-9-10-17-7-6-13(15)12-4-2-3-11-5-8-18-14(11)12/h2-4,13H,5-10,15H2,1H3. The monoisotopic (exact) mass is 251 g/mol. The Morgan fingerprint density at radius 1 is 1.33 bits per heavy atom. The molecule has 1 aliphatic rings. The molecule has 1 heterocycles. The number of methoxy groups -OCH3 is 1. The van der Waals surface area contributed by atoms with Crippen LogP contribution in [-0.2, 0) is 15.9 Å². The largest absolute Gasteiger partial charge is 0.493 e. The van der Waals surface area contributed by atoms with E-state index in [1.807, 2.05) is 6.07 Å². The first kappa shape index (κ1) is 13.3. The van der Waals surface area contributed by atoms with E-state index in [1.165, 1.54) is 5.56 Å². The summed E-state index contributed by atoms with van der Waals surface area (Å²) in [6.07, 6.45) is 1.78. The predicted octanol–water partition coefficient (Wildman–Crippen LogP) is 1.67. The first-order chi connectivity index (χ1) is 8.83. The maximum atomic E-state index is 6.19. The van der Waals surface area contributed by atoms with Crippen molar-refractivity contribution in [2.24, 2.45) is 5.73 Å². The molecule has 2 rings (SSSR count). The van der Waals surface area contributed by atoms with E-state index in [0.29, 0.717) is 19.8 Å². The Balaban J connectivity index is 1.85. The molecule has 0 saturated carbocycles. The number of nitrogens with two attached hydrogens (primary N) is 1. The highest BCUT2D eigenvalue weighted by molar-refractivity contribution is 5.45. The molecule has 4 nitrogen and oxygen atoms in total. The van der Waals surface area contributed by atoms with Crippen molar-refractivity contribution in [1.29, 1.82) is 0 Å². The van der Waals surface area contributed by atoms with Crippen LogP contribution < -0.4 is 10.5 Å². The fourth-order valence-electron chi connectivity index (χ4n) is 2.14. The van der Waals surface area contributed by atoms with Gasteiger partial charge in [-0.25, -0.2) is 0 Å². The summed E-state index contributed by atoms with van der Waals surface area (Å²) < 4.78 is 16.0. The van der Waals surface area contributed by atoms with Gasteiger partial charge in [0, 0.05) is 31.7 Å². The van der Waals surface area contributed by atoms with Gasteiger partial charge in [0.2, 0.25) is 0 Å². The van der Waals surface area contributed by atoms with Gasteiger partial charge >= 0.3 is 0 Å². The molecule has 100 valence electrons. The molecule has 4 heteroatoms. The summed E-state index contributed by atoms with van der Waals surface area (Å²) in [5.74, 6) is 0.988. The zero-order valence-corrected chi connectivity index (χ0v) is 10.9. The summed E-state index contributed by atoms with van der Waals surface area (Å²) in [7, 11) is 1.67. The van der Waals surface area contributed by atoms with Crippen LogP contribution in [0.5, 0.6) is 5.75 Å². The zero-order valence-electron chi connectivity index (χ0n) is 10.9. The van der Waals surface area contributed by atoms with Crippen LogP contribution in [0.1, 0.15) is 23.6 Å². The Hall–Kier alpha value is -1.10. The summed E-state index contributed by atoms with van der Waals surface area (Å²) in [5.41, 5.74) is 8.56. The number of hydrogen-bond donors (Lipinski definition) is 1. The van der Waals surface area contributed by atoms with Crippen molar-refractivity contribution in [3.63, 3.8) is 0 Å². The van der Waals surface area contributed by atoms with Gasteiger partial charge in [-0.2, -0.15) is 0 Å². The molecule has 0 aliphatic carbocycles. The topological polar surface area (TPSA) is 53.7 Å². The predicted molar refractivity (Wildman–Crippen MR) is 69.9 cm³/mol. The molecule has 0 radical (unpaired) electrons. The highest BCUT2D eigenvalue weighted by Crippen LogP contribution is 2.33. The maximum absolute atomic E-state index is 6.19. The molecule has 0 spiro atoms. The van der Waals surface area contributed by atoms with Crippen LogP contribution in [0, 0.1) is 0 Å². The molecule has 1 unspecified atom stereocenters. The first-order valence-electron chi connectivity index (χ1n) is 6.39. The highest BCUT2D eigenvalue weighted by Gasteiger charge is 2.19. The number of benzene rings is 1. The molecular formula is C14H21NO3. The lowest BCUT2D eigenvalue weighted by Gasteiger charge is -2.15. The number of ether oxygens (including phenoxy) is 3. The summed E-state index contributed by atoms with van der Waals surface area (Å²) in [5, 5.41) is 0. The third-order valence-electron chi connectivity index (χ3n) is 3.15. The second kappa shape index (κ2) is 6.73. The minimum Gasteiger partial charge on any atom is -0.493 e. The lowest BCUT2D eigenvalue weighted by molar-refractivity contribution is 0.0671. The maximum Gasteiger partial charge on any atom is 0.127 e. The van der Waals surface area contributed by atoms with Gasteiger partial charge < -0.3 is 19.9 Å². The van der Waals surface area contributed by atoms with Crippen LogP contribution >= 0.6 is 0 Å². The van der Waals surface area contributed by atoms with Crippen LogP contribution in [0.15, 0.2) is 18.2 Å². The van der Waals surface area contributed by atoms with Gasteiger partial charge in [0.25, 0.3) is 0 Å². The van der Waals surface area contributed by atoms with Crippen molar-refractivity contribution in [2.75, 3.05) is 33.5 Å². The summed E-state index contributed by atoms with van der Waals surface area (Å²) >= 11 is 0. The van der Waals surface area contributed by atoms with Crippen LogP contribution in [-0.4, -0.2) is 33.5 Å². The first-order valence-corrected chi connectivity index (χ1v) is 6.39. The Morgan fingerprint density at radius 3 is 3.06 bits per heavy atom. The second-order valence-electron chi connectivity index (χ2n) is 4.43. The molecule has 2 N–H and O–H groups in total. The van der Waals surface area contributed by atoms with E-state index in [2.05, 4.69) is 12.1 Å². The van der Waals surface area contributed by atoms with Gasteiger partial charge in [-0.1, -0.05) is 18.2 Å². The van der Waals surface area contributed by atoms with E-state index in [-0.39, 0.29) is 6.04 Å². The van der Waals surface area contributed by atoms with Crippen molar-refractivity contribution in [1.82, 2.24) is 0 Å². The normalized spacial score (nSPS) is 15.2. The van der Waals surface area contributed by atoms with Gasteiger partial charge in [0.05, 0.1) is 19.8 Å². The van der Waals surface area contributed by atoms with Crippen molar-refractivity contribution in [3.8, 4) is 5.75 Å². The van der Waals surface area contributed by atoms with Gasteiger partial charge in [0.15, 0.2) is 0 Å². The van der Waals surface area contributed by atoms with Crippen LogP contribution in [0.4, 0.5) is 0 Å². The average Bonchev–Trinajstić information content (AvgIpc) is 2.86. The van der Waals surface area contributed by atoms with E-state index in [4.69, 9.17) is 19.9 Å². The Bertz CT molecular complexity index is 381. The summed E-state index contributed by atoms with van der Waals surface area (Å²) in [6, 6.07) is 6.17. The SMILES string of the molecule is COCCOCCC(N)c1cccc2c1OCC2. The van der Waals surface area contributed by atoms with Crippen molar-refractivity contribution < 1.29 is 14.2 Å². The number of hydrogen-bond acceptors (Lipinski definition) is 4. The number of para-hydroxylation sites is 1. The fourth-order valence-corrected chi connectivity index (χ4v) is 2.14. The molecule has 0 aromatic heterocycles. The van der Waals surface area contributed by atoms with E-state index in [1.54, 1.807) is 7.11 Å². The summed E-state index contributed by atoms with van der Waals surface area (Å²) in [6.45, 7) is 2.66. The van der Waals surface area contributed by atoms with Gasteiger partial charge in [-0.15, -0.1) is 0 Å². The molecule has 1 aromatic carbocycles. The van der Waals surface area contributed by atoms with Crippen LogP contribution in [0.25, 0.3) is 0 Å². The van der Waals surface area contributed by atoms with Crippen molar-refractivity contribution in [3.05, 3.63) is 29.3 Å². The van der Waals surface area contributed by atoms with Crippen LogP contribution in [0.2, 0.25) is 0 Å². The van der Waals surface area contributed by atoms with Crippen molar-refractivity contribution in [2.45, 2.75) is 18.9 Å². The Kier molecular flexibility index (Phi) is 4.99. The quantitative estimate of drug-likeness (QED) is 0.749. The molecule has 0 amide bonds. The van der Waals surface area contributed by atoms with Gasteiger partial charge in [-0.05, 0) is 12.0 Å². The molecule has 0 fully saturated rings. The molecule has 0 bridgehead atoms. The Morgan fingerprint density at radius 2 is 2.22 bits per heavy atom. The van der Waals surface area contributed by atoms with E-state index < -0.39 is 0 Å². The highest BCUT2D eigenvalue weighted by atomic mass is 16.5. The van der Waals surface area contributed by atoms with Gasteiger partial charge in [0.1, 0.15) is 5.75 Å². The summed E-state index contributed by atoms with van der Waals surface area (Å²) in [4.78, 5) is 0. The number of fused-ring (bicyclic) bond motifs is 1. The van der Waals surface area contributed by atoms with E-state index in [0.717, 1.165) is 30.8 Å². The third kappa shape index (κ3) is 3.22. The molecule has 18 heavy (non-hydrogen) atoms. The second-order valence-corrected chi connectivity index (χ2v) is 4.43. The third-order valence-corrected chi connectivity index (χ3v) is 3.15. The van der Waals surface area contributed by atoms with Gasteiger partial charge in [-0.3, -0.25) is 0 Å². The van der Waals surface area contributed by atoms with Crippen LogP contribution in [0.3, 0.4) is 0 Å². The average molecular weight is 251 g/mol. The Labute approximate surface area is 108 Å². The fraction of sp³-hybridized carbons (Fsp3) is 0.571. The molecule has 1 aromatic rings. The molecule has 1 aliphatic heterocycles. The molecule has 1 atom stereocenters.